The molecule has 3 aliphatic rings. The maximum Gasteiger partial charge on any atom is 0.259 e. The highest BCUT2D eigenvalue weighted by Crippen LogP contribution is 2.32. The molecular weight excluding hydrogens is 652 g/mol. The van der Waals surface area contributed by atoms with Crippen molar-refractivity contribution >= 4 is 40.3 Å². The normalized spacial score (nSPS) is 16.9. The minimum Gasteiger partial charge on any atom is -0.371 e. The van der Waals surface area contributed by atoms with Crippen LogP contribution in [0, 0.1) is 30.4 Å². The molecule has 2 N–H and O–H groups in total. The number of amides is 2. The molecule has 0 saturated carbocycles. The van der Waals surface area contributed by atoms with Crippen molar-refractivity contribution in [3.05, 3.63) is 89.0 Å². The lowest BCUT2D eigenvalue weighted by Crippen LogP contribution is -2.52. The minimum absolute atomic E-state index is 0.00619. The zero-order chi connectivity index (χ0) is 35.4. The Morgan fingerprint density at radius 3 is 2.43 bits per heavy atom. The second-order valence-corrected chi connectivity index (χ2v) is 14.2. The Morgan fingerprint density at radius 2 is 1.69 bits per heavy atom. The number of halogens is 2. The number of aromatic nitrogens is 5. The van der Waals surface area contributed by atoms with Crippen LogP contribution in [0.25, 0.3) is 22.3 Å². The Hall–Kier alpha value is -5.30. The zero-order valence-corrected chi connectivity index (χ0v) is 28.8. The first-order valence-corrected chi connectivity index (χ1v) is 17.5. The summed E-state index contributed by atoms with van der Waals surface area (Å²) in [6.07, 6.45) is 6.14. The summed E-state index contributed by atoms with van der Waals surface area (Å²) in [5.74, 6) is 0.732. The van der Waals surface area contributed by atoms with E-state index in [1.807, 2.05) is 55.8 Å². The first-order valence-electron chi connectivity index (χ1n) is 17.5. The molecule has 11 nitrogen and oxygen atoms in total. The molecule has 0 unspecified atom stereocenters. The van der Waals surface area contributed by atoms with Crippen LogP contribution in [0.2, 0.25) is 0 Å². The van der Waals surface area contributed by atoms with Crippen molar-refractivity contribution in [1.29, 1.82) is 0 Å². The van der Waals surface area contributed by atoms with Crippen LogP contribution in [0.5, 0.6) is 0 Å². The van der Waals surface area contributed by atoms with E-state index in [4.69, 9.17) is 0 Å². The number of aryl methyl sites for hydroxylation is 1. The molecule has 51 heavy (non-hydrogen) atoms. The van der Waals surface area contributed by atoms with E-state index >= 15 is 4.39 Å². The number of anilines is 3. The summed E-state index contributed by atoms with van der Waals surface area (Å²) in [5, 5.41) is 5.43. The zero-order valence-electron chi connectivity index (χ0n) is 28.8. The number of hydrogen-bond donors (Lipinski definition) is 2. The van der Waals surface area contributed by atoms with Gasteiger partial charge in [-0.15, -0.1) is 0 Å². The topological polar surface area (TPSA) is 121 Å². The van der Waals surface area contributed by atoms with Gasteiger partial charge in [0.2, 0.25) is 5.95 Å². The predicted molar refractivity (Wildman–Crippen MR) is 190 cm³/mol. The second kappa shape index (κ2) is 13.1. The molecule has 6 heterocycles. The number of rotatable bonds is 9. The van der Waals surface area contributed by atoms with Gasteiger partial charge in [-0.1, -0.05) is 6.07 Å². The van der Waals surface area contributed by atoms with E-state index in [0.29, 0.717) is 45.7 Å². The first kappa shape index (κ1) is 32.9. The smallest absolute Gasteiger partial charge is 0.259 e. The molecule has 262 valence electrons. The quantitative estimate of drug-likeness (QED) is 0.177. The molecule has 0 atom stereocenters. The van der Waals surface area contributed by atoms with Gasteiger partial charge in [0, 0.05) is 49.0 Å². The number of imide groups is 1. The number of carbonyl (C=O) groups excluding carboxylic acids is 2. The van der Waals surface area contributed by atoms with Gasteiger partial charge < -0.3 is 19.7 Å². The average Bonchev–Trinajstić information content (AvgIpc) is 3.59. The number of fused-ring (bicyclic) bond motifs is 2. The molecule has 2 amide bonds. The van der Waals surface area contributed by atoms with Crippen LogP contribution in [0.4, 0.5) is 26.2 Å². The maximum absolute atomic E-state index is 15.1. The Bertz CT molecular complexity index is 2150. The molecule has 13 heteroatoms. The Balaban J connectivity index is 0.834. The van der Waals surface area contributed by atoms with Gasteiger partial charge in [0.25, 0.3) is 11.8 Å². The second-order valence-electron chi connectivity index (χ2n) is 14.2. The Labute approximate surface area is 294 Å². The Kier molecular flexibility index (Phi) is 8.45. The molecule has 0 radical (unpaired) electrons. The molecule has 0 aliphatic carbocycles. The lowest BCUT2D eigenvalue weighted by atomic mass is 9.89. The molecular formula is C38H39F2N9O2. The monoisotopic (exact) mass is 691 g/mol. The third-order valence-electron chi connectivity index (χ3n) is 10.3. The van der Waals surface area contributed by atoms with Crippen LogP contribution in [0.15, 0.2) is 54.9 Å². The average molecular weight is 692 g/mol. The number of likely N-dealkylation sites (tertiary alicyclic amines) is 1. The fourth-order valence-corrected chi connectivity index (χ4v) is 7.74. The molecule has 2 fully saturated rings. The van der Waals surface area contributed by atoms with Crippen molar-refractivity contribution in [1.82, 2.24) is 34.7 Å². The highest BCUT2D eigenvalue weighted by Gasteiger charge is 2.33. The number of nitrogens with zero attached hydrogens (tertiary/aromatic N) is 7. The highest BCUT2D eigenvalue weighted by molar-refractivity contribution is 6.21. The van der Waals surface area contributed by atoms with E-state index in [9.17, 15) is 14.0 Å². The van der Waals surface area contributed by atoms with Gasteiger partial charge in [0.15, 0.2) is 11.6 Å². The molecule has 0 spiro atoms. The third kappa shape index (κ3) is 6.42. The van der Waals surface area contributed by atoms with Gasteiger partial charge in [-0.05, 0) is 101 Å². The largest absolute Gasteiger partial charge is 0.371 e. The number of carbonyl (C=O) groups is 2. The summed E-state index contributed by atoms with van der Waals surface area (Å²) in [6.45, 7) is 10.9. The van der Waals surface area contributed by atoms with Gasteiger partial charge in [0.05, 0.1) is 22.8 Å². The predicted octanol–water partition coefficient (Wildman–Crippen LogP) is 6.07. The minimum atomic E-state index is -0.651. The van der Waals surface area contributed by atoms with Gasteiger partial charge in [0.1, 0.15) is 22.9 Å². The highest BCUT2D eigenvalue weighted by atomic mass is 19.1. The van der Waals surface area contributed by atoms with E-state index in [0.717, 1.165) is 69.4 Å². The molecule has 0 bridgehead atoms. The summed E-state index contributed by atoms with van der Waals surface area (Å²) >= 11 is 0. The molecule has 3 aliphatic heterocycles. The van der Waals surface area contributed by atoms with Crippen LogP contribution in [0.3, 0.4) is 0 Å². The summed E-state index contributed by atoms with van der Waals surface area (Å²) in [7, 11) is 0. The molecule has 3 aromatic heterocycles. The maximum atomic E-state index is 15.1. The van der Waals surface area contributed by atoms with Crippen molar-refractivity contribution in [2.75, 3.05) is 42.9 Å². The van der Waals surface area contributed by atoms with Crippen molar-refractivity contribution in [3.8, 4) is 11.3 Å². The van der Waals surface area contributed by atoms with E-state index in [1.54, 1.807) is 12.1 Å². The van der Waals surface area contributed by atoms with Crippen LogP contribution in [-0.4, -0.2) is 73.9 Å². The molecule has 5 aromatic rings. The van der Waals surface area contributed by atoms with Gasteiger partial charge in [-0.2, -0.15) is 0 Å². The SMILES string of the molecule is Cc1nc2c(F)cc(-c3nc(Nc4ccc(CC5CCN(CC6CN(c7ccc8c(c7)C(=O)NC8=O)C6)CC5)cn4)ncc3F)cc2n1C(C)C. The molecule has 2 saturated heterocycles. The van der Waals surface area contributed by atoms with Gasteiger partial charge >= 0.3 is 0 Å². The number of piperidine rings is 1. The fraction of sp³-hybridized carbons (Fsp3) is 0.368. The first-order chi connectivity index (χ1) is 24.6. The third-order valence-corrected chi connectivity index (χ3v) is 10.3. The van der Waals surface area contributed by atoms with Crippen LogP contribution in [-0.2, 0) is 6.42 Å². The number of benzene rings is 2. The lowest BCUT2D eigenvalue weighted by Gasteiger charge is -2.44. The van der Waals surface area contributed by atoms with Crippen molar-refractivity contribution in [3.63, 3.8) is 0 Å². The van der Waals surface area contributed by atoms with E-state index < -0.39 is 11.6 Å². The van der Waals surface area contributed by atoms with Gasteiger partial charge in [-0.25, -0.2) is 28.7 Å². The number of imidazole rings is 1. The summed E-state index contributed by atoms with van der Waals surface area (Å²) in [4.78, 5) is 46.2. The van der Waals surface area contributed by atoms with E-state index in [-0.39, 0.29) is 35.0 Å². The standard InChI is InChI=1S/C38H39F2N9O2/c1-21(2)49-22(3)43-35-30(39)13-26(14-32(35)49)34-31(40)17-42-38(45-34)44-33-7-4-24(16-41-33)12-23-8-10-47(11-9-23)18-25-19-48(20-25)27-5-6-28-29(15-27)37(51)46-36(28)50/h4-7,13-17,21,23,25H,8-12,18-20H2,1-3H3,(H,46,50,51)(H,41,42,44,45). The van der Waals surface area contributed by atoms with Gasteiger partial charge in [-0.3, -0.25) is 14.9 Å². The van der Waals surface area contributed by atoms with Crippen LogP contribution < -0.4 is 15.5 Å². The molecule has 2 aromatic carbocycles. The van der Waals surface area contributed by atoms with Crippen molar-refractivity contribution < 1.29 is 18.4 Å². The summed E-state index contributed by atoms with van der Waals surface area (Å²) < 4.78 is 32.0. The van der Waals surface area contributed by atoms with Crippen LogP contribution in [0.1, 0.15) is 64.8 Å². The van der Waals surface area contributed by atoms with Crippen molar-refractivity contribution in [2.45, 2.75) is 46.1 Å². The fourth-order valence-electron chi connectivity index (χ4n) is 7.74. The van der Waals surface area contributed by atoms with E-state index in [1.165, 1.54) is 6.07 Å². The van der Waals surface area contributed by atoms with Crippen LogP contribution >= 0.6 is 0 Å². The number of nitrogens with one attached hydrogen (secondary N) is 2. The summed E-state index contributed by atoms with van der Waals surface area (Å²) in [6, 6.07) is 12.5. The summed E-state index contributed by atoms with van der Waals surface area (Å²) in [5.41, 5.74) is 4.21. The number of hydrogen-bond acceptors (Lipinski definition) is 9. The lowest BCUT2D eigenvalue weighted by molar-refractivity contribution is 0.0879. The van der Waals surface area contributed by atoms with E-state index in [2.05, 4.69) is 40.4 Å². The number of pyridine rings is 1. The van der Waals surface area contributed by atoms with Crippen molar-refractivity contribution in [2.24, 2.45) is 11.8 Å². The Morgan fingerprint density at radius 1 is 0.902 bits per heavy atom. The molecule has 8 rings (SSSR count).